The lowest BCUT2D eigenvalue weighted by molar-refractivity contribution is 0.193. The zero-order valence-electron chi connectivity index (χ0n) is 33.4. The monoisotopic (exact) mass is 852 g/mol. The molecule has 6 rings (SSSR count). The molecule has 2 fully saturated rings. The first-order chi connectivity index (χ1) is 28.1. The molecule has 20 heteroatoms. The SMILES string of the molecule is CC1CC(NCCCNS(=O)(=O)Cc2ccc3ccc(NC(=O)NC4NC(C)CC(NCCNS(C)(=O)=O)N4)cc3c2)NC(NC(=O)Nc2ccc3ccccc3c2)N1. The Morgan fingerprint density at radius 1 is 0.610 bits per heavy atom. The topological polar surface area (TPSA) is 247 Å². The highest BCUT2D eigenvalue weighted by atomic mass is 32.2. The number of carbonyl (C=O) groups excluding carboxylic acids is 2. The minimum atomic E-state index is -3.63. The Kier molecular flexibility index (Phi) is 15.1. The van der Waals surface area contributed by atoms with Crippen molar-refractivity contribution in [2.24, 2.45) is 0 Å². The van der Waals surface area contributed by atoms with Crippen molar-refractivity contribution in [3.05, 3.63) is 84.4 Å². The van der Waals surface area contributed by atoms with Gasteiger partial charge in [-0.2, -0.15) is 0 Å². The fourth-order valence-corrected chi connectivity index (χ4v) is 8.82. The zero-order chi connectivity index (χ0) is 42.0. The molecule has 4 aromatic rings. The molecule has 0 aromatic heterocycles. The van der Waals surface area contributed by atoms with Gasteiger partial charge in [-0.05, 0) is 91.0 Å². The molecule has 0 radical (unpaired) electrons. The summed E-state index contributed by atoms with van der Waals surface area (Å²) in [6.45, 7) is 5.50. The summed E-state index contributed by atoms with van der Waals surface area (Å²) in [6, 6.07) is 24.0. The summed E-state index contributed by atoms with van der Waals surface area (Å²) in [4.78, 5) is 25.7. The molecule has 0 saturated carbocycles. The predicted octanol–water partition coefficient (Wildman–Crippen LogP) is 1.64. The minimum Gasteiger partial charge on any atom is -0.310 e. The molecule has 12 N–H and O–H groups in total. The Labute approximate surface area is 345 Å². The minimum absolute atomic E-state index is 0.0743. The smallest absolute Gasteiger partial charge is 0.310 e. The van der Waals surface area contributed by atoms with Gasteiger partial charge in [0.2, 0.25) is 20.0 Å². The highest BCUT2D eigenvalue weighted by molar-refractivity contribution is 7.89. The van der Waals surface area contributed by atoms with Crippen molar-refractivity contribution in [3.8, 4) is 0 Å². The van der Waals surface area contributed by atoms with E-state index in [1.165, 1.54) is 0 Å². The van der Waals surface area contributed by atoms with Crippen LogP contribution in [-0.2, 0) is 25.8 Å². The van der Waals surface area contributed by atoms with Crippen LogP contribution in [0.25, 0.3) is 21.5 Å². The molecular weight excluding hydrogens is 797 g/mol. The van der Waals surface area contributed by atoms with Crippen LogP contribution < -0.4 is 62.6 Å². The summed E-state index contributed by atoms with van der Waals surface area (Å²) >= 11 is 0. The summed E-state index contributed by atoms with van der Waals surface area (Å²) in [5.41, 5.74) is 1.84. The van der Waals surface area contributed by atoms with Crippen molar-refractivity contribution >= 4 is 65.0 Å². The van der Waals surface area contributed by atoms with E-state index in [9.17, 15) is 26.4 Å². The second-order valence-corrected chi connectivity index (χ2v) is 18.8. The molecule has 320 valence electrons. The Hall–Kier alpha value is -4.48. The lowest BCUT2D eigenvalue weighted by Gasteiger charge is -2.36. The quantitative estimate of drug-likeness (QED) is 0.0679. The van der Waals surface area contributed by atoms with Crippen LogP contribution in [0.1, 0.15) is 38.7 Å². The van der Waals surface area contributed by atoms with Crippen LogP contribution in [0, 0.1) is 0 Å². The molecule has 59 heavy (non-hydrogen) atoms. The number of sulfonamides is 2. The van der Waals surface area contributed by atoms with Gasteiger partial charge in [-0.3, -0.25) is 21.3 Å². The molecule has 4 aromatic carbocycles. The average Bonchev–Trinajstić information content (AvgIpc) is 3.15. The van der Waals surface area contributed by atoms with Gasteiger partial charge in [0.1, 0.15) is 12.6 Å². The maximum Gasteiger partial charge on any atom is 0.321 e. The highest BCUT2D eigenvalue weighted by Gasteiger charge is 2.27. The molecule has 0 spiro atoms. The van der Waals surface area contributed by atoms with Gasteiger partial charge in [0, 0.05) is 43.1 Å². The first-order valence-corrected chi connectivity index (χ1v) is 23.3. The lowest BCUT2D eigenvalue weighted by Crippen LogP contribution is -2.68. The van der Waals surface area contributed by atoms with Crippen LogP contribution in [0.4, 0.5) is 21.0 Å². The largest absolute Gasteiger partial charge is 0.321 e. The van der Waals surface area contributed by atoms with Crippen LogP contribution in [-0.4, -0.2) is 98.3 Å². The average molecular weight is 853 g/mol. The van der Waals surface area contributed by atoms with Crippen molar-refractivity contribution in [2.75, 3.05) is 43.1 Å². The first-order valence-electron chi connectivity index (χ1n) is 19.7. The molecule has 18 nitrogen and oxygen atoms in total. The summed E-state index contributed by atoms with van der Waals surface area (Å²) in [5, 5.41) is 35.2. The van der Waals surface area contributed by atoms with Gasteiger partial charge in [-0.1, -0.05) is 54.6 Å². The Balaban J connectivity index is 0.909. The lowest BCUT2D eigenvalue weighted by atomic mass is 10.1. The van der Waals surface area contributed by atoms with Crippen LogP contribution >= 0.6 is 0 Å². The number of urea groups is 2. The van der Waals surface area contributed by atoms with Crippen molar-refractivity contribution in [3.63, 3.8) is 0 Å². The Bertz CT molecular complexity index is 2300. The molecule has 0 aliphatic carbocycles. The van der Waals surface area contributed by atoms with Crippen molar-refractivity contribution < 1.29 is 26.4 Å². The molecule has 4 amide bonds. The third kappa shape index (κ3) is 14.3. The summed E-state index contributed by atoms with van der Waals surface area (Å²) in [5.74, 6) is -0.201. The fraction of sp³-hybridized carbons (Fsp3) is 0.436. The number of hydrogen-bond acceptors (Lipinski definition) is 12. The van der Waals surface area contributed by atoms with Gasteiger partial charge >= 0.3 is 12.1 Å². The van der Waals surface area contributed by atoms with Crippen molar-refractivity contribution in [2.45, 2.75) is 75.9 Å². The normalized spacial score (nSPS) is 22.5. The van der Waals surface area contributed by atoms with Crippen LogP contribution in [0.2, 0.25) is 0 Å². The predicted molar refractivity (Wildman–Crippen MR) is 232 cm³/mol. The molecule has 2 saturated heterocycles. The Morgan fingerprint density at radius 2 is 1.15 bits per heavy atom. The van der Waals surface area contributed by atoms with E-state index in [0.29, 0.717) is 36.4 Å². The van der Waals surface area contributed by atoms with Gasteiger partial charge in [0.25, 0.3) is 0 Å². The van der Waals surface area contributed by atoms with E-state index in [2.05, 4.69) is 62.6 Å². The molecule has 2 aliphatic heterocycles. The van der Waals surface area contributed by atoms with E-state index in [0.717, 1.165) is 40.6 Å². The fourth-order valence-electron chi connectivity index (χ4n) is 7.17. The van der Waals surface area contributed by atoms with Crippen molar-refractivity contribution in [1.82, 2.24) is 52.0 Å². The molecule has 6 atom stereocenters. The van der Waals surface area contributed by atoms with E-state index in [1.54, 1.807) is 24.3 Å². The van der Waals surface area contributed by atoms with Gasteiger partial charge in [-0.15, -0.1) is 0 Å². The van der Waals surface area contributed by atoms with Gasteiger partial charge in [0.05, 0.1) is 24.3 Å². The third-order valence-corrected chi connectivity index (χ3v) is 11.9. The number of hydrogen-bond donors (Lipinski definition) is 12. The highest BCUT2D eigenvalue weighted by Crippen LogP contribution is 2.22. The van der Waals surface area contributed by atoms with E-state index >= 15 is 0 Å². The van der Waals surface area contributed by atoms with Gasteiger partial charge in [-0.25, -0.2) is 35.9 Å². The maximum absolute atomic E-state index is 13.0. The number of anilines is 2. The van der Waals surface area contributed by atoms with Crippen LogP contribution in [0.15, 0.2) is 78.9 Å². The van der Waals surface area contributed by atoms with Crippen molar-refractivity contribution in [1.29, 1.82) is 0 Å². The first kappa shape index (κ1) is 44.1. The second kappa shape index (κ2) is 20.2. The van der Waals surface area contributed by atoms with E-state index in [-0.39, 0.29) is 49.3 Å². The summed E-state index contributed by atoms with van der Waals surface area (Å²) < 4.78 is 53.8. The number of rotatable bonds is 17. The summed E-state index contributed by atoms with van der Waals surface area (Å²) in [7, 11) is -6.91. The molecular formula is C39H56N12O6S2. The van der Waals surface area contributed by atoms with Crippen LogP contribution in [0.3, 0.4) is 0 Å². The maximum atomic E-state index is 13.0. The molecule has 2 aliphatic rings. The summed E-state index contributed by atoms with van der Waals surface area (Å²) in [6.07, 6.45) is 1.90. The molecule has 2 heterocycles. The standard InChI is InChI=1S/C39H56N12O6S2/c1-25-19-34(48-36(44-25)50-38(52)46-32-13-11-28-7-4-5-8-30(28)22-32)40-15-6-16-43-59(56,57)24-27-9-10-29-12-14-33(23-31(29)21-27)47-39(53)51-37-45-26(2)20-35(49-37)41-17-18-42-58(3,54)55/h4-5,7-14,21-23,25-26,34-37,40-45,48-49H,6,15-20,24H2,1-3H3,(H2,46,50,52)(H2,47,51,53). The van der Waals surface area contributed by atoms with E-state index < -0.39 is 38.7 Å². The van der Waals surface area contributed by atoms with Crippen LogP contribution in [0.5, 0.6) is 0 Å². The number of benzene rings is 4. The Morgan fingerprint density at radius 3 is 1.76 bits per heavy atom. The number of nitrogens with one attached hydrogen (secondary N) is 12. The van der Waals surface area contributed by atoms with E-state index in [1.807, 2.05) is 68.4 Å². The zero-order valence-corrected chi connectivity index (χ0v) is 35.0. The van der Waals surface area contributed by atoms with Gasteiger partial charge < -0.3 is 31.9 Å². The molecule has 0 bridgehead atoms. The number of carbonyl (C=O) groups is 2. The third-order valence-electron chi connectivity index (χ3n) is 9.84. The second-order valence-electron chi connectivity index (χ2n) is 15.1. The number of amides is 4. The van der Waals surface area contributed by atoms with Gasteiger partial charge in [0.15, 0.2) is 0 Å². The van der Waals surface area contributed by atoms with E-state index in [4.69, 9.17) is 0 Å². The number of fused-ring (bicyclic) bond motifs is 2. The molecule has 6 unspecified atom stereocenters.